The van der Waals surface area contributed by atoms with Crippen molar-refractivity contribution >= 4 is 47.1 Å². The Morgan fingerprint density at radius 3 is 2.69 bits per heavy atom. The minimum atomic E-state index is -0.160. The second kappa shape index (κ2) is 6.78. The van der Waals surface area contributed by atoms with E-state index in [9.17, 15) is 4.79 Å². The van der Waals surface area contributed by atoms with Gasteiger partial charge in [0.2, 0.25) is 5.91 Å². The predicted molar refractivity (Wildman–Crippen MR) is 70.6 cm³/mol. The standard InChI is InChI=1S/C10H10Cl2N2OS/c1-16-6-10(15)14-13-5-7-8(11)3-2-4-9(7)12/h2-5H,6H2,1H3,(H,14,15)/b13-5+. The lowest BCUT2D eigenvalue weighted by Gasteiger charge is -2.00. The van der Waals surface area contributed by atoms with E-state index in [0.29, 0.717) is 21.4 Å². The second-order valence-electron chi connectivity index (χ2n) is 2.86. The van der Waals surface area contributed by atoms with E-state index < -0.39 is 0 Å². The van der Waals surface area contributed by atoms with Crippen LogP contribution in [0, 0.1) is 0 Å². The predicted octanol–water partition coefficient (Wildman–Crippen LogP) is 2.81. The number of hydrogen-bond acceptors (Lipinski definition) is 3. The van der Waals surface area contributed by atoms with E-state index in [0.717, 1.165) is 0 Å². The molecule has 1 aromatic rings. The molecule has 0 unspecified atom stereocenters. The summed E-state index contributed by atoms with van der Waals surface area (Å²) in [5.74, 6) is 0.208. The molecule has 0 aliphatic heterocycles. The summed E-state index contributed by atoms with van der Waals surface area (Å²) in [6.45, 7) is 0. The highest BCUT2D eigenvalue weighted by atomic mass is 35.5. The highest BCUT2D eigenvalue weighted by molar-refractivity contribution is 7.99. The van der Waals surface area contributed by atoms with E-state index in [-0.39, 0.29) is 5.91 Å². The highest BCUT2D eigenvalue weighted by Gasteiger charge is 2.02. The van der Waals surface area contributed by atoms with E-state index >= 15 is 0 Å². The van der Waals surface area contributed by atoms with Gasteiger partial charge in [0.25, 0.3) is 0 Å². The molecule has 1 amide bonds. The summed E-state index contributed by atoms with van der Waals surface area (Å²) in [6, 6.07) is 5.16. The fourth-order valence-corrected chi connectivity index (χ4v) is 1.79. The van der Waals surface area contributed by atoms with Crippen molar-refractivity contribution in [3.8, 4) is 0 Å². The topological polar surface area (TPSA) is 41.5 Å². The number of nitrogens with zero attached hydrogens (tertiary/aromatic N) is 1. The van der Waals surface area contributed by atoms with Crippen molar-refractivity contribution in [1.29, 1.82) is 0 Å². The molecule has 0 bridgehead atoms. The summed E-state index contributed by atoms with van der Waals surface area (Å²) >= 11 is 13.3. The molecular formula is C10H10Cl2N2OS. The van der Waals surface area contributed by atoms with E-state index in [2.05, 4.69) is 10.5 Å². The van der Waals surface area contributed by atoms with Crippen LogP contribution < -0.4 is 5.43 Å². The van der Waals surface area contributed by atoms with Crippen LogP contribution >= 0.6 is 35.0 Å². The number of rotatable bonds is 4. The average molecular weight is 277 g/mol. The number of hydrogen-bond donors (Lipinski definition) is 1. The summed E-state index contributed by atoms with van der Waals surface area (Å²) in [5, 5.41) is 4.77. The first-order chi connectivity index (χ1) is 7.65. The fraction of sp³-hybridized carbons (Fsp3) is 0.200. The van der Waals surface area contributed by atoms with E-state index in [4.69, 9.17) is 23.2 Å². The van der Waals surface area contributed by atoms with Crippen LogP contribution in [0.1, 0.15) is 5.56 Å². The molecule has 3 nitrogen and oxygen atoms in total. The van der Waals surface area contributed by atoms with Crippen molar-refractivity contribution in [2.75, 3.05) is 12.0 Å². The maximum Gasteiger partial charge on any atom is 0.250 e. The van der Waals surface area contributed by atoms with Crippen LogP contribution in [-0.4, -0.2) is 24.1 Å². The highest BCUT2D eigenvalue weighted by Crippen LogP contribution is 2.21. The molecule has 0 aliphatic carbocycles. The van der Waals surface area contributed by atoms with Gasteiger partial charge in [-0.2, -0.15) is 16.9 Å². The second-order valence-corrected chi connectivity index (χ2v) is 4.54. The zero-order valence-electron chi connectivity index (χ0n) is 8.54. The molecule has 1 aromatic carbocycles. The van der Waals surface area contributed by atoms with Crippen LogP contribution in [0.15, 0.2) is 23.3 Å². The van der Waals surface area contributed by atoms with Gasteiger partial charge >= 0.3 is 0 Å². The Morgan fingerprint density at radius 1 is 1.50 bits per heavy atom. The Kier molecular flexibility index (Phi) is 5.66. The molecule has 16 heavy (non-hydrogen) atoms. The minimum Gasteiger partial charge on any atom is -0.272 e. The van der Waals surface area contributed by atoms with Gasteiger partial charge in [-0.05, 0) is 18.4 Å². The van der Waals surface area contributed by atoms with Crippen molar-refractivity contribution in [2.45, 2.75) is 0 Å². The summed E-state index contributed by atoms with van der Waals surface area (Å²) < 4.78 is 0. The molecule has 0 atom stereocenters. The van der Waals surface area contributed by atoms with E-state index in [1.54, 1.807) is 18.2 Å². The largest absolute Gasteiger partial charge is 0.272 e. The molecule has 0 heterocycles. The number of halogens is 2. The summed E-state index contributed by atoms with van der Waals surface area (Å²) in [4.78, 5) is 11.1. The third-order valence-corrected chi connectivity index (χ3v) is 2.87. The minimum absolute atomic E-state index is 0.160. The monoisotopic (exact) mass is 276 g/mol. The lowest BCUT2D eigenvalue weighted by molar-refractivity contribution is -0.118. The van der Waals surface area contributed by atoms with Crippen molar-refractivity contribution < 1.29 is 4.79 Å². The average Bonchev–Trinajstić information content (AvgIpc) is 2.23. The van der Waals surface area contributed by atoms with Crippen LogP contribution in [0.4, 0.5) is 0 Å². The first-order valence-corrected chi connectivity index (χ1v) is 6.55. The maximum atomic E-state index is 11.1. The zero-order chi connectivity index (χ0) is 12.0. The molecule has 6 heteroatoms. The van der Waals surface area contributed by atoms with Crippen molar-refractivity contribution in [3.05, 3.63) is 33.8 Å². The SMILES string of the molecule is CSCC(=O)N/N=C/c1c(Cl)cccc1Cl. The van der Waals surface area contributed by atoms with Crippen LogP contribution in [0.3, 0.4) is 0 Å². The van der Waals surface area contributed by atoms with Crippen LogP contribution in [-0.2, 0) is 4.79 Å². The number of hydrazone groups is 1. The molecule has 0 aromatic heterocycles. The van der Waals surface area contributed by atoms with E-state index in [1.165, 1.54) is 18.0 Å². The zero-order valence-corrected chi connectivity index (χ0v) is 10.9. The van der Waals surface area contributed by atoms with Crippen LogP contribution in [0.25, 0.3) is 0 Å². The number of thioether (sulfide) groups is 1. The Bertz CT molecular complexity index is 390. The Labute approximate surface area is 108 Å². The van der Waals surface area contributed by atoms with Crippen molar-refractivity contribution in [3.63, 3.8) is 0 Å². The van der Waals surface area contributed by atoms with Crippen molar-refractivity contribution in [2.24, 2.45) is 5.10 Å². The van der Waals surface area contributed by atoms with Crippen LogP contribution in [0.5, 0.6) is 0 Å². The number of amides is 1. The summed E-state index contributed by atoms with van der Waals surface area (Å²) in [6.07, 6.45) is 3.27. The number of benzene rings is 1. The van der Waals surface area contributed by atoms with Gasteiger partial charge in [0.05, 0.1) is 22.0 Å². The van der Waals surface area contributed by atoms with Gasteiger partial charge in [-0.25, -0.2) is 5.43 Å². The van der Waals surface area contributed by atoms with Crippen molar-refractivity contribution in [1.82, 2.24) is 5.43 Å². The Balaban J connectivity index is 2.66. The van der Waals surface area contributed by atoms with Gasteiger partial charge in [-0.3, -0.25) is 4.79 Å². The van der Waals surface area contributed by atoms with E-state index in [1.807, 2.05) is 6.26 Å². The summed E-state index contributed by atoms with van der Waals surface area (Å²) in [7, 11) is 0. The molecular weight excluding hydrogens is 267 g/mol. The van der Waals surface area contributed by atoms with Gasteiger partial charge in [0.15, 0.2) is 0 Å². The lowest BCUT2D eigenvalue weighted by atomic mass is 10.2. The van der Waals surface area contributed by atoms with Gasteiger partial charge < -0.3 is 0 Å². The lowest BCUT2D eigenvalue weighted by Crippen LogP contribution is -2.19. The van der Waals surface area contributed by atoms with Gasteiger partial charge in [-0.1, -0.05) is 29.3 Å². The third kappa shape index (κ3) is 4.04. The quantitative estimate of drug-likeness (QED) is 0.679. The maximum absolute atomic E-state index is 11.1. The molecule has 1 rings (SSSR count). The van der Waals surface area contributed by atoms with Crippen LogP contribution in [0.2, 0.25) is 10.0 Å². The first kappa shape index (κ1) is 13.4. The third-order valence-electron chi connectivity index (χ3n) is 1.66. The molecule has 0 fully saturated rings. The number of nitrogens with one attached hydrogen (secondary N) is 1. The van der Waals surface area contributed by atoms with Gasteiger partial charge in [0, 0.05) is 5.56 Å². The fourth-order valence-electron chi connectivity index (χ4n) is 0.966. The molecule has 0 spiro atoms. The smallest absolute Gasteiger partial charge is 0.250 e. The summed E-state index contributed by atoms with van der Waals surface area (Å²) in [5.41, 5.74) is 2.97. The Morgan fingerprint density at radius 2 is 2.12 bits per heavy atom. The number of carbonyl (C=O) groups excluding carboxylic acids is 1. The first-order valence-electron chi connectivity index (χ1n) is 4.40. The number of carbonyl (C=O) groups is 1. The molecule has 0 saturated heterocycles. The van der Waals surface area contributed by atoms with Gasteiger partial charge in [-0.15, -0.1) is 0 Å². The van der Waals surface area contributed by atoms with Gasteiger partial charge in [0.1, 0.15) is 0 Å². The molecule has 0 saturated carbocycles. The Hall–Kier alpha value is -0.710. The molecule has 86 valence electrons. The molecule has 0 aliphatic rings. The normalized spacial score (nSPS) is 10.7. The molecule has 1 N–H and O–H groups in total. The molecule has 0 radical (unpaired) electrons.